The summed E-state index contributed by atoms with van der Waals surface area (Å²) in [5.74, 6) is -1.24. The number of benzene rings is 2. The summed E-state index contributed by atoms with van der Waals surface area (Å²) in [6, 6.07) is 8.14. The molecule has 0 aromatic heterocycles. The molecule has 0 bridgehead atoms. The Morgan fingerprint density at radius 2 is 1.02 bits per heavy atom. The van der Waals surface area contributed by atoms with Crippen molar-refractivity contribution in [3.63, 3.8) is 0 Å². The molecule has 2 rings (SSSR count). The summed E-state index contributed by atoms with van der Waals surface area (Å²) in [6.07, 6.45) is 11.9. The maximum absolute atomic E-state index is 12.0. The van der Waals surface area contributed by atoms with Gasteiger partial charge in [-0.15, -0.1) is 0 Å². The van der Waals surface area contributed by atoms with E-state index >= 15 is 0 Å². The summed E-state index contributed by atoms with van der Waals surface area (Å²) in [7, 11) is -4.73. The number of phenolic OH excluding ortho intramolecular Hbond substituents is 2. The topological polar surface area (TPSA) is 147 Å². The summed E-state index contributed by atoms with van der Waals surface area (Å²) in [6.45, 7) is 21.2. The maximum Gasteiger partial charge on any atom is 0.327 e. The number of carbonyl (C=O) groups excluding carboxylic acids is 2. The Morgan fingerprint density at radius 1 is 0.642 bits per heavy atom. The fourth-order valence-electron chi connectivity index (χ4n) is 6.06. The molecule has 0 heterocycles. The van der Waals surface area contributed by atoms with Gasteiger partial charge in [-0.3, -0.25) is 14.1 Å². The van der Waals surface area contributed by atoms with Gasteiger partial charge in [-0.2, -0.15) is 8.42 Å². The maximum atomic E-state index is 12.0. The number of ether oxygens (including phenoxy) is 2. The van der Waals surface area contributed by atoms with Gasteiger partial charge in [0.15, 0.2) is 5.25 Å². The van der Waals surface area contributed by atoms with Crippen LogP contribution in [-0.4, -0.2) is 53.6 Å². The van der Waals surface area contributed by atoms with Gasteiger partial charge in [0.1, 0.15) is 11.5 Å². The molecule has 2 aromatic rings. The average Bonchev–Trinajstić information content (AvgIpc) is 3.04. The largest absolute Gasteiger partial charge is 0.507 e. The Labute approximate surface area is 321 Å². The van der Waals surface area contributed by atoms with Crippen molar-refractivity contribution in [1.82, 2.24) is 0 Å². The molecule has 53 heavy (non-hydrogen) atoms. The molecule has 3 N–H and O–H groups in total. The van der Waals surface area contributed by atoms with Crippen LogP contribution in [0.3, 0.4) is 0 Å². The first-order chi connectivity index (χ1) is 24.6. The zero-order chi connectivity index (χ0) is 40.4. The SMILES string of the molecule is CCCCCCCCOC(=O)CC(C(=O)OCCCCCCCC)S(=O)(=O)O.Cc1cc(Cc2cc(C)cc(C(C)(C)C)c2O)c(O)c(C(C)(C)C)c1. The molecule has 0 spiro atoms. The van der Waals surface area contributed by atoms with E-state index in [9.17, 15) is 32.8 Å². The molecule has 1 atom stereocenters. The first-order valence-corrected chi connectivity index (χ1v) is 21.1. The van der Waals surface area contributed by atoms with Crippen molar-refractivity contribution in [1.29, 1.82) is 0 Å². The Bertz CT molecular complexity index is 1460. The Balaban J connectivity index is 0.000000532. The molecule has 0 aliphatic carbocycles. The first kappa shape index (κ1) is 47.9. The molecule has 0 radical (unpaired) electrons. The number of carbonyl (C=O) groups is 2. The van der Waals surface area contributed by atoms with Crippen LogP contribution < -0.4 is 0 Å². The van der Waals surface area contributed by atoms with Gasteiger partial charge in [0, 0.05) is 6.42 Å². The van der Waals surface area contributed by atoms with Crippen LogP contribution >= 0.6 is 0 Å². The van der Waals surface area contributed by atoms with Gasteiger partial charge in [-0.25, -0.2) is 0 Å². The van der Waals surface area contributed by atoms with E-state index in [1.54, 1.807) is 0 Å². The third-order valence-electron chi connectivity index (χ3n) is 9.14. The molecule has 10 heteroatoms. The van der Waals surface area contributed by atoms with Crippen LogP contribution in [0.2, 0.25) is 0 Å². The molecule has 0 fully saturated rings. The Kier molecular flexibility index (Phi) is 20.8. The zero-order valence-electron chi connectivity index (χ0n) is 34.4. The Hall–Kier alpha value is -3.11. The Morgan fingerprint density at radius 3 is 1.40 bits per heavy atom. The summed E-state index contributed by atoms with van der Waals surface area (Å²) >= 11 is 0. The van der Waals surface area contributed by atoms with Crippen molar-refractivity contribution >= 4 is 22.1 Å². The first-order valence-electron chi connectivity index (χ1n) is 19.6. The van der Waals surface area contributed by atoms with Crippen molar-refractivity contribution in [3.8, 4) is 11.5 Å². The van der Waals surface area contributed by atoms with E-state index in [1.807, 2.05) is 12.1 Å². The molecular formula is C43H70O9S. The highest BCUT2D eigenvalue weighted by molar-refractivity contribution is 7.87. The zero-order valence-corrected chi connectivity index (χ0v) is 35.2. The van der Waals surface area contributed by atoms with Crippen molar-refractivity contribution in [2.75, 3.05) is 13.2 Å². The van der Waals surface area contributed by atoms with E-state index in [4.69, 9.17) is 9.47 Å². The predicted octanol–water partition coefficient (Wildman–Crippen LogP) is 10.3. The summed E-state index contributed by atoms with van der Waals surface area (Å²) < 4.78 is 42.0. The highest BCUT2D eigenvalue weighted by atomic mass is 32.2. The highest BCUT2D eigenvalue weighted by Gasteiger charge is 2.35. The van der Waals surface area contributed by atoms with Gasteiger partial charge < -0.3 is 19.7 Å². The standard InChI is InChI=1S/C23H32O2.C20H38O7S/c1-14-9-16(20(24)18(11-14)22(3,4)5)13-17-10-15(2)12-19(21(17)25)23(6,7)8;1-3-5-7-9-11-13-15-26-19(21)17-18(28(23,24)25)20(22)27-16-14-12-10-8-6-4-2/h9-12,24-25H,13H2,1-8H3;18H,3-17H2,1-2H3,(H,23,24,25). The van der Waals surface area contributed by atoms with E-state index in [2.05, 4.69) is 81.4 Å². The van der Waals surface area contributed by atoms with Crippen molar-refractivity contribution in [3.05, 3.63) is 57.6 Å². The minimum atomic E-state index is -4.73. The second kappa shape index (κ2) is 23.0. The predicted molar refractivity (Wildman–Crippen MR) is 215 cm³/mol. The minimum absolute atomic E-state index is 0.0732. The molecule has 0 amide bonds. The lowest BCUT2D eigenvalue weighted by Crippen LogP contribution is -2.34. The van der Waals surface area contributed by atoms with Crippen LogP contribution in [0.1, 0.15) is 172 Å². The van der Waals surface area contributed by atoms with Gasteiger partial charge in [0.2, 0.25) is 0 Å². The van der Waals surface area contributed by atoms with E-state index in [-0.39, 0.29) is 24.0 Å². The molecule has 0 aliphatic heterocycles. The van der Waals surface area contributed by atoms with Crippen molar-refractivity contribution in [2.45, 2.75) is 175 Å². The van der Waals surface area contributed by atoms with Gasteiger partial charge in [0.05, 0.1) is 19.6 Å². The molecule has 2 aromatic carbocycles. The second-order valence-corrected chi connectivity index (χ2v) is 18.0. The summed E-state index contributed by atoms with van der Waals surface area (Å²) in [5.41, 5.74) is 5.63. The van der Waals surface area contributed by atoms with Crippen molar-refractivity contribution < 1.29 is 42.2 Å². The van der Waals surface area contributed by atoms with E-state index in [0.717, 1.165) is 91.2 Å². The fraction of sp³-hybridized carbons (Fsp3) is 0.674. The van der Waals surface area contributed by atoms with Crippen molar-refractivity contribution in [2.24, 2.45) is 0 Å². The quantitative estimate of drug-likeness (QED) is 0.0681. The molecule has 0 aliphatic rings. The molecule has 302 valence electrons. The van der Waals surface area contributed by atoms with Crippen LogP contribution in [0.4, 0.5) is 0 Å². The third-order valence-corrected chi connectivity index (χ3v) is 10.2. The van der Waals surface area contributed by atoms with Gasteiger partial charge >= 0.3 is 11.9 Å². The number of aryl methyl sites for hydroxylation is 2. The summed E-state index contributed by atoms with van der Waals surface area (Å²) in [5, 5.41) is 19.7. The average molecular weight is 763 g/mol. The van der Waals surface area contributed by atoms with Gasteiger partial charge in [-0.1, -0.05) is 155 Å². The number of hydrogen-bond acceptors (Lipinski definition) is 8. The monoisotopic (exact) mass is 762 g/mol. The molecule has 1 unspecified atom stereocenters. The van der Waals surface area contributed by atoms with Gasteiger partial charge in [0.25, 0.3) is 10.1 Å². The molecule has 9 nitrogen and oxygen atoms in total. The molecule has 0 saturated carbocycles. The van der Waals surface area contributed by atoms with E-state index < -0.39 is 33.7 Å². The lowest BCUT2D eigenvalue weighted by Gasteiger charge is -2.25. The van der Waals surface area contributed by atoms with Crippen LogP contribution in [0.5, 0.6) is 11.5 Å². The number of esters is 2. The number of rotatable bonds is 20. The summed E-state index contributed by atoms with van der Waals surface area (Å²) in [4.78, 5) is 23.8. The third kappa shape index (κ3) is 18.2. The highest BCUT2D eigenvalue weighted by Crippen LogP contribution is 2.39. The van der Waals surface area contributed by atoms with Crippen LogP contribution in [0, 0.1) is 13.8 Å². The number of aromatic hydroxyl groups is 2. The van der Waals surface area contributed by atoms with E-state index in [0.29, 0.717) is 30.8 Å². The van der Waals surface area contributed by atoms with Crippen LogP contribution in [0.15, 0.2) is 24.3 Å². The number of hydrogen-bond donors (Lipinski definition) is 3. The van der Waals surface area contributed by atoms with Gasteiger partial charge in [-0.05, 0) is 59.8 Å². The molecular weight excluding hydrogens is 693 g/mol. The van der Waals surface area contributed by atoms with Crippen LogP contribution in [-0.2, 0) is 46.4 Å². The lowest BCUT2D eigenvalue weighted by atomic mass is 9.81. The lowest BCUT2D eigenvalue weighted by molar-refractivity contribution is -0.150. The van der Waals surface area contributed by atoms with E-state index in [1.165, 1.54) is 6.42 Å². The molecule has 0 saturated heterocycles. The second-order valence-electron chi connectivity index (χ2n) is 16.4. The minimum Gasteiger partial charge on any atom is -0.507 e. The fourth-order valence-corrected chi connectivity index (χ4v) is 6.72. The number of unbranched alkanes of at least 4 members (excludes halogenated alkanes) is 10. The normalized spacial score (nSPS) is 12.5. The van der Waals surface area contributed by atoms with Crippen LogP contribution in [0.25, 0.3) is 0 Å². The number of phenols is 2. The smallest absolute Gasteiger partial charge is 0.327 e.